The minimum Gasteiger partial charge on any atom is -0.358 e. The molecule has 0 unspecified atom stereocenters. The van der Waals surface area contributed by atoms with Crippen LogP contribution in [0.15, 0.2) is 28.7 Å². The average Bonchev–Trinajstić information content (AvgIpc) is 2.25. The molecule has 1 aromatic rings. The van der Waals surface area contributed by atoms with Crippen LogP contribution in [0.5, 0.6) is 0 Å². The van der Waals surface area contributed by atoms with E-state index in [4.69, 9.17) is 0 Å². The third-order valence-electron chi connectivity index (χ3n) is 2.08. The number of carbonyl (C=O) groups excluding carboxylic acids is 1. The molecule has 0 bridgehead atoms. The van der Waals surface area contributed by atoms with Crippen molar-refractivity contribution in [3.05, 3.63) is 28.7 Å². The van der Waals surface area contributed by atoms with Crippen molar-refractivity contribution < 1.29 is 13.2 Å². The van der Waals surface area contributed by atoms with Gasteiger partial charge in [0.1, 0.15) is 6.54 Å². The lowest BCUT2D eigenvalue weighted by Gasteiger charge is -2.21. The third kappa shape index (κ3) is 4.01. The second kappa shape index (κ2) is 5.50. The fourth-order valence-corrected chi connectivity index (χ4v) is 2.34. The first kappa shape index (κ1) is 14.0. The molecular formula is C10H13BrN2O3S. The summed E-state index contributed by atoms with van der Waals surface area (Å²) in [7, 11) is -2.02. The minimum atomic E-state index is -3.48. The summed E-state index contributed by atoms with van der Waals surface area (Å²) in [4.78, 5) is 11.3. The van der Waals surface area contributed by atoms with E-state index in [-0.39, 0.29) is 12.5 Å². The number of nitrogens with one attached hydrogen (secondary N) is 1. The van der Waals surface area contributed by atoms with E-state index in [1.54, 1.807) is 24.3 Å². The molecule has 1 N–H and O–H groups in total. The number of carbonyl (C=O) groups is 1. The van der Waals surface area contributed by atoms with Crippen LogP contribution < -0.4 is 9.62 Å². The molecule has 0 aliphatic rings. The van der Waals surface area contributed by atoms with Gasteiger partial charge in [-0.05, 0) is 24.3 Å². The Morgan fingerprint density at radius 3 is 2.29 bits per heavy atom. The van der Waals surface area contributed by atoms with Crippen LogP contribution in [0.1, 0.15) is 0 Å². The molecule has 5 nitrogen and oxygen atoms in total. The van der Waals surface area contributed by atoms with Crippen molar-refractivity contribution in [3.63, 3.8) is 0 Å². The molecule has 1 aromatic carbocycles. The topological polar surface area (TPSA) is 66.5 Å². The number of nitrogens with zero attached hydrogens (tertiary/aromatic N) is 1. The maximum atomic E-state index is 11.6. The third-order valence-corrected chi connectivity index (χ3v) is 3.75. The van der Waals surface area contributed by atoms with Crippen LogP contribution in [0, 0.1) is 0 Å². The highest BCUT2D eigenvalue weighted by Gasteiger charge is 2.19. The maximum absolute atomic E-state index is 11.6. The first-order valence-electron chi connectivity index (χ1n) is 4.78. The lowest BCUT2D eigenvalue weighted by atomic mass is 10.3. The van der Waals surface area contributed by atoms with Gasteiger partial charge >= 0.3 is 0 Å². The zero-order chi connectivity index (χ0) is 13.1. The molecule has 0 atom stereocenters. The fraction of sp³-hybridized carbons (Fsp3) is 0.300. The van der Waals surface area contributed by atoms with Gasteiger partial charge in [0.2, 0.25) is 15.9 Å². The summed E-state index contributed by atoms with van der Waals surface area (Å²) in [6.45, 7) is -0.225. The Bertz CT molecular complexity index is 499. The van der Waals surface area contributed by atoms with Crippen LogP contribution >= 0.6 is 15.9 Å². The first-order chi connectivity index (χ1) is 7.84. The van der Waals surface area contributed by atoms with E-state index in [2.05, 4.69) is 21.2 Å². The highest BCUT2D eigenvalue weighted by atomic mass is 79.9. The van der Waals surface area contributed by atoms with Crippen LogP contribution in [0.3, 0.4) is 0 Å². The molecular weight excluding hydrogens is 308 g/mol. The highest BCUT2D eigenvalue weighted by Crippen LogP contribution is 2.20. The molecule has 0 fully saturated rings. The first-order valence-corrected chi connectivity index (χ1v) is 7.42. The molecule has 0 radical (unpaired) electrons. The van der Waals surface area contributed by atoms with E-state index >= 15 is 0 Å². The number of amides is 1. The zero-order valence-corrected chi connectivity index (χ0v) is 11.9. The molecule has 0 aliphatic heterocycles. The molecule has 0 spiro atoms. The lowest BCUT2D eigenvalue weighted by Crippen LogP contribution is -2.39. The second-order valence-corrected chi connectivity index (χ2v) is 6.24. The second-order valence-electron chi connectivity index (χ2n) is 3.42. The number of benzene rings is 1. The minimum absolute atomic E-state index is 0.225. The Labute approximate surface area is 109 Å². The van der Waals surface area contributed by atoms with Crippen LogP contribution in [0.4, 0.5) is 5.69 Å². The Kier molecular flexibility index (Phi) is 4.53. The monoisotopic (exact) mass is 320 g/mol. The van der Waals surface area contributed by atoms with Gasteiger partial charge in [0, 0.05) is 11.5 Å². The summed E-state index contributed by atoms with van der Waals surface area (Å²) in [5.41, 5.74) is 0.458. The highest BCUT2D eigenvalue weighted by molar-refractivity contribution is 9.10. The molecule has 0 saturated heterocycles. The van der Waals surface area contributed by atoms with Crippen molar-refractivity contribution in [3.8, 4) is 0 Å². The van der Waals surface area contributed by atoms with Gasteiger partial charge in [-0.1, -0.05) is 15.9 Å². The lowest BCUT2D eigenvalue weighted by molar-refractivity contribution is -0.119. The van der Waals surface area contributed by atoms with Crippen molar-refractivity contribution >= 4 is 37.5 Å². The van der Waals surface area contributed by atoms with E-state index in [1.165, 1.54) is 7.05 Å². The smallest absolute Gasteiger partial charge is 0.240 e. The number of halogens is 1. The molecule has 0 heterocycles. The number of hydrogen-bond acceptors (Lipinski definition) is 3. The average molecular weight is 321 g/mol. The summed E-state index contributed by atoms with van der Waals surface area (Å²) in [5.74, 6) is -0.363. The molecule has 17 heavy (non-hydrogen) atoms. The Morgan fingerprint density at radius 1 is 1.35 bits per heavy atom. The van der Waals surface area contributed by atoms with E-state index < -0.39 is 10.0 Å². The molecule has 7 heteroatoms. The van der Waals surface area contributed by atoms with Gasteiger partial charge < -0.3 is 5.32 Å². The molecule has 1 rings (SSSR count). The van der Waals surface area contributed by atoms with Gasteiger partial charge in [-0.3, -0.25) is 9.10 Å². The van der Waals surface area contributed by atoms with Gasteiger partial charge in [0.05, 0.1) is 11.9 Å². The maximum Gasteiger partial charge on any atom is 0.240 e. The number of hydrogen-bond donors (Lipinski definition) is 1. The summed E-state index contributed by atoms with van der Waals surface area (Å²) >= 11 is 3.26. The van der Waals surface area contributed by atoms with Crippen LogP contribution in [0.25, 0.3) is 0 Å². The van der Waals surface area contributed by atoms with Crippen molar-refractivity contribution in [1.29, 1.82) is 0 Å². The quantitative estimate of drug-likeness (QED) is 0.898. The predicted molar refractivity (Wildman–Crippen MR) is 70.4 cm³/mol. The van der Waals surface area contributed by atoms with Crippen molar-refractivity contribution in [2.75, 3.05) is 24.2 Å². The van der Waals surface area contributed by atoms with Gasteiger partial charge in [0.15, 0.2) is 0 Å². The Hall–Kier alpha value is -1.08. The van der Waals surface area contributed by atoms with Crippen LogP contribution in [-0.4, -0.2) is 34.2 Å². The molecule has 1 amide bonds. The number of rotatable bonds is 4. The molecule has 0 saturated carbocycles. The van der Waals surface area contributed by atoms with Crippen molar-refractivity contribution in [2.24, 2.45) is 0 Å². The summed E-state index contributed by atoms with van der Waals surface area (Å²) < 4.78 is 25.1. The number of anilines is 1. The van der Waals surface area contributed by atoms with Gasteiger partial charge in [0.25, 0.3) is 0 Å². The number of likely N-dealkylation sites (N-methyl/N-ethyl adjacent to an activating group) is 1. The van der Waals surface area contributed by atoms with Crippen LogP contribution in [0.2, 0.25) is 0 Å². The predicted octanol–water partition coefficient (Wildman–Crippen LogP) is 0.961. The Morgan fingerprint density at radius 2 is 1.88 bits per heavy atom. The molecule has 0 aromatic heterocycles. The van der Waals surface area contributed by atoms with Gasteiger partial charge in [-0.2, -0.15) is 0 Å². The molecule has 94 valence electrons. The molecule has 0 aliphatic carbocycles. The van der Waals surface area contributed by atoms with Gasteiger partial charge in [-0.25, -0.2) is 8.42 Å². The van der Waals surface area contributed by atoms with E-state index in [0.717, 1.165) is 15.0 Å². The van der Waals surface area contributed by atoms with E-state index in [0.29, 0.717) is 5.69 Å². The van der Waals surface area contributed by atoms with Crippen molar-refractivity contribution in [1.82, 2.24) is 5.32 Å². The summed E-state index contributed by atoms with van der Waals surface area (Å²) in [5, 5.41) is 2.39. The zero-order valence-electron chi connectivity index (χ0n) is 9.47. The van der Waals surface area contributed by atoms with Crippen molar-refractivity contribution in [2.45, 2.75) is 0 Å². The van der Waals surface area contributed by atoms with Crippen LogP contribution in [-0.2, 0) is 14.8 Å². The van der Waals surface area contributed by atoms with E-state index in [9.17, 15) is 13.2 Å². The largest absolute Gasteiger partial charge is 0.358 e. The SMILES string of the molecule is CNC(=O)CN(c1ccc(Br)cc1)S(C)(=O)=O. The Balaban J connectivity index is 3.07. The summed E-state index contributed by atoms with van der Waals surface area (Å²) in [6.07, 6.45) is 1.07. The summed E-state index contributed by atoms with van der Waals surface area (Å²) in [6, 6.07) is 6.71. The standard InChI is InChI=1S/C10H13BrN2O3S/c1-12-10(14)7-13(17(2,15)16)9-5-3-8(11)4-6-9/h3-6H,7H2,1-2H3,(H,12,14). The van der Waals surface area contributed by atoms with Gasteiger partial charge in [-0.15, -0.1) is 0 Å². The fourth-order valence-electron chi connectivity index (χ4n) is 1.22. The normalized spacial score (nSPS) is 11.0. The number of sulfonamides is 1. The van der Waals surface area contributed by atoms with E-state index in [1.807, 2.05) is 0 Å².